The van der Waals surface area contributed by atoms with E-state index in [1.807, 2.05) is 13.0 Å². The third-order valence-electron chi connectivity index (χ3n) is 4.26. The van der Waals surface area contributed by atoms with Crippen molar-refractivity contribution in [1.82, 2.24) is 4.72 Å². The first kappa shape index (κ1) is 14.8. The van der Waals surface area contributed by atoms with Crippen LogP contribution >= 0.6 is 0 Å². The summed E-state index contributed by atoms with van der Waals surface area (Å²) in [5.74, 6) is 0.291. The maximum atomic E-state index is 12.6. The molecule has 0 bridgehead atoms. The van der Waals surface area contributed by atoms with Crippen molar-refractivity contribution in [2.24, 2.45) is 5.92 Å². The highest BCUT2D eigenvalue weighted by Crippen LogP contribution is 2.31. The van der Waals surface area contributed by atoms with Crippen LogP contribution in [0.4, 0.5) is 5.69 Å². The molecule has 1 fully saturated rings. The molecule has 116 valence electrons. The van der Waals surface area contributed by atoms with Crippen molar-refractivity contribution in [1.29, 1.82) is 0 Å². The summed E-state index contributed by atoms with van der Waals surface area (Å²) >= 11 is 0. The number of benzene rings is 1. The molecule has 5 nitrogen and oxygen atoms in total. The quantitative estimate of drug-likeness (QED) is 0.888. The van der Waals surface area contributed by atoms with Gasteiger partial charge >= 0.3 is 0 Å². The maximum Gasteiger partial charge on any atom is 0.240 e. The Morgan fingerprint density at radius 3 is 3.05 bits per heavy atom. The molecule has 2 aliphatic rings. The SMILES string of the molecule is Cc1ccc(S(=O)(=O)NCC2CCOC2)c2c1NCCC2. The molecule has 21 heavy (non-hydrogen) atoms. The molecule has 0 radical (unpaired) electrons. The molecule has 0 aliphatic carbocycles. The number of ether oxygens (including phenoxy) is 1. The molecule has 3 rings (SSSR count). The molecule has 2 aliphatic heterocycles. The normalized spacial score (nSPS) is 21.9. The zero-order chi connectivity index (χ0) is 14.9. The van der Waals surface area contributed by atoms with E-state index in [1.165, 1.54) is 0 Å². The molecule has 0 aromatic heterocycles. The first-order valence-electron chi connectivity index (χ1n) is 7.52. The summed E-state index contributed by atoms with van der Waals surface area (Å²) < 4.78 is 33.2. The van der Waals surface area contributed by atoms with Crippen LogP contribution in [0.3, 0.4) is 0 Å². The van der Waals surface area contributed by atoms with Gasteiger partial charge in [0.2, 0.25) is 10.0 Å². The molecule has 0 amide bonds. The Hall–Kier alpha value is -1.11. The van der Waals surface area contributed by atoms with Crippen LogP contribution in [0.5, 0.6) is 0 Å². The van der Waals surface area contributed by atoms with Crippen molar-refractivity contribution < 1.29 is 13.2 Å². The molecule has 0 spiro atoms. The van der Waals surface area contributed by atoms with Crippen LogP contribution in [0.15, 0.2) is 17.0 Å². The molecular formula is C15H22N2O3S. The lowest BCUT2D eigenvalue weighted by Gasteiger charge is -2.23. The minimum Gasteiger partial charge on any atom is -0.385 e. The summed E-state index contributed by atoms with van der Waals surface area (Å²) in [5, 5.41) is 3.33. The van der Waals surface area contributed by atoms with Gasteiger partial charge in [-0.05, 0) is 49.3 Å². The van der Waals surface area contributed by atoms with Gasteiger partial charge in [-0.25, -0.2) is 13.1 Å². The molecule has 1 aromatic carbocycles. The van der Waals surface area contributed by atoms with Crippen LogP contribution < -0.4 is 10.0 Å². The lowest BCUT2D eigenvalue weighted by atomic mass is 10.00. The van der Waals surface area contributed by atoms with Crippen molar-refractivity contribution in [3.05, 3.63) is 23.3 Å². The summed E-state index contributed by atoms with van der Waals surface area (Å²) in [4.78, 5) is 0.425. The highest BCUT2D eigenvalue weighted by atomic mass is 32.2. The minimum absolute atomic E-state index is 0.291. The van der Waals surface area contributed by atoms with E-state index in [0.29, 0.717) is 24.0 Å². The lowest BCUT2D eigenvalue weighted by molar-refractivity contribution is 0.186. The zero-order valence-corrected chi connectivity index (χ0v) is 13.1. The number of rotatable bonds is 4. The second-order valence-electron chi connectivity index (χ2n) is 5.85. The highest BCUT2D eigenvalue weighted by molar-refractivity contribution is 7.89. The van der Waals surface area contributed by atoms with Gasteiger partial charge in [-0.2, -0.15) is 0 Å². The van der Waals surface area contributed by atoms with E-state index in [0.717, 1.165) is 49.2 Å². The van der Waals surface area contributed by atoms with E-state index >= 15 is 0 Å². The van der Waals surface area contributed by atoms with E-state index in [9.17, 15) is 8.42 Å². The average molecular weight is 310 g/mol. The van der Waals surface area contributed by atoms with Crippen LogP contribution in [0.25, 0.3) is 0 Å². The molecule has 2 heterocycles. The Bertz CT molecular complexity index is 622. The van der Waals surface area contributed by atoms with Gasteiger partial charge in [0.05, 0.1) is 11.5 Å². The number of hydrogen-bond acceptors (Lipinski definition) is 4. The monoisotopic (exact) mass is 310 g/mol. The Morgan fingerprint density at radius 2 is 2.29 bits per heavy atom. The fourth-order valence-electron chi connectivity index (χ4n) is 3.02. The standard InChI is InChI=1S/C15H22N2O3S/c1-11-4-5-14(13-3-2-7-16-15(11)13)21(18,19)17-9-12-6-8-20-10-12/h4-5,12,16-17H,2-3,6-10H2,1H3. The van der Waals surface area contributed by atoms with Gasteiger partial charge in [0, 0.05) is 25.4 Å². The molecular weight excluding hydrogens is 288 g/mol. The van der Waals surface area contributed by atoms with Crippen molar-refractivity contribution in [2.45, 2.75) is 31.1 Å². The summed E-state index contributed by atoms with van der Waals surface area (Å²) in [7, 11) is -3.45. The average Bonchev–Trinajstić information content (AvgIpc) is 2.99. The van der Waals surface area contributed by atoms with E-state index in [2.05, 4.69) is 10.0 Å². The van der Waals surface area contributed by atoms with E-state index in [4.69, 9.17) is 4.74 Å². The second-order valence-corrected chi connectivity index (χ2v) is 7.58. The fraction of sp³-hybridized carbons (Fsp3) is 0.600. The van der Waals surface area contributed by atoms with Crippen LogP contribution in [0, 0.1) is 12.8 Å². The van der Waals surface area contributed by atoms with E-state index in [-0.39, 0.29) is 0 Å². The Labute approximate surface area is 126 Å². The van der Waals surface area contributed by atoms with Gasteiger partial charge < -0.3 is 10.1 Å². The molecule has 6 heteroatoms. The fourth-order valence-corrected chi connectivity index (χ4v) is 4.41. The predicted octanol–water partition coefficient (Wildman–Crippen LogP) is 1.67. The topological polar surface area (TPSA) is 67.4 Å². The molecule has 2 N–H and O–H groups in total. The molecule has 1 aromatic rings. The van der Waals surface area contributed by atoms with Gasteiger partial charge in [0.1, 0.15) is 0 Å². The first-order valence-corrected chi connectivity index (χ1v) is 9.00. The predicted molar refractivity (Wildman–Crippen MR) is 82.1 cm³/mol. The van der Waals surface area contributed by atoms with Crippen molar-refractivity contribution in [3.63, 3.8) is 0 Å². The molecule has 0 saturated carbocycles. The van der Waals surface area contributed by atoms with Gasteiger partial charge in [-0.1, -0.05) is 6.07 Å². The minimum atomic E-state index is -3.45. The van der Waals surface area contributed by atoms with Crippen molar-refractivity contribution in [2.75, 3.05) is 31.6 Å². The first-order chi connectivity index (χ1) is 10.1. The number of fused-ring (bicyclic) bond motifs is 1. The number of hydrogen-bond donors (Lipinski definition) is 2. The second kappa shape index (κ2) is 5.94. The Kier molecular flexibility index (Phi) is 4.19. The third kappa shape index (κ3) is 3.07. The summed E-state index contributed by atoms with van der Waals surface area (Å²) in [6, 6.07) is 3.61. The summed E-state index contributed by atoms with van der Waals surface area (Å²) in [6.07, 6.45) is 2.71. The number of aryl methyl sites for hydroxylation is 1. The van der Waals surface area contributed by atoms with E-state index < -0.39 is 10.0 Å². The molecule has 1 atom stereocenters. The Balaban J connectivity index is 1.84. The van der Waals surface area contributed by atoms with Crippen molar-refractivity contribution >= 4 is 15.7 Å². The van der Waals surface area contributed by atoms with Gasteiger partial charge in [-0.15, -0.1) is 0 Å². The molecule has 1 saturated heterocycles. The number of nitrogens with one attached hydrogen (secondary N) is 2. The van der Waals surface area contributed by atoms with Gasteiger partial charge in [-0.3, -0.25) is 0 Å². The van der Waals surface area contributed by atoms with Crippen LogP contribution in [-0.4, -0.2) is 34.7 Å². The van der Waals surface area contributed by atoms with Gasteiger partial charge in [0.25, 0.3) is 0 Å². The number of sulfonamides is 1. The summed E-state index contributed by atoms with van der Waals surface area (Å²) in [6.45, 7) is 4.76. The lowest BCUT2D eigenvalue weighted by Crippen LogP contribution is -2.31. The van der Waals surface area contributed by atoms with Gasteiger partial charge in [0.15, 0.2) is 0 Å². The number of anilines is 1. The van der Waals surface area contributed by atoms with Crippen molar-refractivity contribution in [3.8, 4) is 0 Å². The maximum absolute atomic E-state index is 12.6. The highest BCUT2D eigenvalue weighted by Gasteiger charge is 2.25. The zero-order valence-electron chi connectivity index (χ0n) is 12.3. The largest absolute Gasteiger partial charge is 0.385 e. The molecule has 1 unspecified atom stereocenters. The van der Waals surface area contributed by atoms with E-state index in [1.54, 1.807) is 6.07 Å². The Morgan fingerprint density at radius 1 is 1.43 bits per heavy atom. The summed E-state index contributed by atoms with van der Waals surface area (Å²) in [5.41, 5.74) is 3.03. The smallest absolute Gasteiger partial charge is 0.240 e. The van der Waals surface area contributed by atoms with Crippen LogP contribution in [0.2, 0.25) is 0 Å². The van der Waals surface area contributed by atoms with Crippen LogP contribution in [0.1, 0.15) is 24.0 Å². The van der Waals surface area contributed by atoms with Crippen LogP contribution in [-0.2, 0) is 21.2 Å². The third-order valence-corrected chi connectivity index (χ3v) is 5.77.